The Balaban J connectivity index is 1.99. The van der Waals surface area contributed by atoms with Crippen LogP contribution < -0.4 is 0 Å². The van der Waals surface area contributed by atoms with Crippen molar-refractivity contribution in [3.63, 3.8) is 0 Å². The van der Waals surface area contributed by atoms with Crippen LogP contribution in [0.4, 0.5) is 0 Å². The van der Waals surface area contributed by atoms with E-state index in [-0.39, 0.29) is 10.8 Å². The van der Waals surface area contributed by atoms with Gasteiger partial charge >= 0.3 is 0 Å². The molecule has 0 unspecified atom stereocenters. The highest BCUT2D eigenvalue weighted by atomic mass is 14.3. The Labute approximate surface area is 202 Å². The highest BCUT2D eigenvalue weighted by Gasteiger charge is 2.26. The van der Waals surface area contributed by atoms with Gasteiger partial charge in [0.15, 0.2) is 0 Å². The molecular formula is C34H32. The van der Waals surface area contributed by atoms with Gasteiger partial charge in [-0.15, -0.1) is 0 Å². The SMILES string of the molecule is CC(C)(C)c1cc2cc(C(C)(C)C)c(-c3ccccc3)c3c4cccc5cccc(c(c1)c23)c54. The van der Waals surface area contributed by atoms with Gasteiger partial charge in [-0.25, -0.2) is 0 Å². The van der Waals surface area contributed by atoms with Crippen LogP contribution in [0.5, 0.6) is 0 Å². The summed E-state index contributed by atoms with van der Waals surface area (Å²) >= 11 is 0. The van der Waals surface area contributed by atoms with Crippen LogP contribution in [0.15, 0.2) is 84.9 Å². The Bertz CT molecular complexity index is 1680. The van der Waals surface area contributed by atoms with E-state index in [2.05, 4.69) is 126 Å². The van der Waals surface area contributed by atoms with Crippen molar-refractivity contribution >= 4 is 43.1 Å². The predicted octanol–water partition coefficient (Wildman–Crippen LogP) is 10.00. The van der Waals surface area contributed by atoms with Crippen LogP contribution in [0.1, 0.15) is 52.7 Å². The highest BCUT2D eigenvalue weighted by molar-refractivity contribution is 6.35. The van der Waals surface area contributed by atoms with Crippen LogP contribution in [0.3, 0.4) is 0 Å². The molecule has 6 aromatic rings. The van der Waals surface area contributed by atoms with Crippen molar-refractivity contribution in [3.05, 3.63) is 96.1 Å². The number of hydrogen-bond donors (Lipinski definition) is 0. The molecule has 6 rings (SSSR count). The molecule has 0 amide bonds. The van der Waals surface area contributed by atoms with Crippen LogP contribution in [0.25, 0.3) is 54.2 Å². The molecule has 0 aliphatic heterocycles. The third-order valence-corrected chi connectivity index (χ3v) is 7.44. The van der Waals surface area contributed by atoms with Crippen molar-refractivity contribution in [1.82, 2.24) is 0 Å². The Morgan fingerprint density at radius 1 is 0.471 bits per heavy atom. The van der Waals surface area contributed by atoms with Crippen LogP contribution >= 0.6 is 0 Å². The van der Waals surface area contributed by atoms with Gasteiger partial charge in [0.25, 0.3) is 0 Å². The Morgan fingerprint density at radius 2 is 1.15 bits per heavy atom. The quantitative estimate of drug-likeness (QED) is 0.176. The van der Waals surface area contributed by atoms with Gasteiger partial charge in [-0.3, -0.25) is 0 Å². The Morgan fingerprint density at radius 3 is 1.79 bits per heavy atom. The molecule has 0 saturated carbocycles. The predicted molar refractivity (Wildman–Crippen MR) is 150 cm³/mol. The van der Waals surface area contributed by atoms with Gasteiger partial charge in [0.1, 0.15) is 0 Å². The van der Waals surface area contributed by atoms with E-state index in [1.807, 2.05) is 0 Å². The molecule has 0 fully saturated rings. The molecule has 168 valence electrons. The van der Waals surface area contributed by atoms with Gasteiger partial charge in [0.05, 0.1) is 0 Å². The summed E-state index contributed by atoms with van der Waals surface area (Å²) in [5.74, 6) is 0. The largest absolute Gasteiger partial charge is 0.0622 e. The van der Waals surface area contributed by atoms with E-state index in [1.54, 1.807) is 0 Å². The summed E-state index contributed by atoms with van der Waals surface area (Å²) < 4.78 is 0. The van der Waals surface area contributed by atoms with E-state index in [0.29, 0.717) is 0 Å². The molecule has 34 heavy (non-hydrogen) atoms. The summed E-state index contributed by atoms with van der Waals surface area (Å²) in [7, 11) is 0. The standard InChI is InChI=1S/C34H32/c1-33(2,3)24-18-23-19-28(34(4,5)6)31(22-12-8-7-9-13-22)32-26-17-11-15-21-14-10-16-25(29(21)26)27(20-24)30(23)32/h7-20H,1-6H3. The molecule has 0 aromatic heterocycles. The van der Waals surface area contributed by atoms with Crippen LogP contribution in [0.2, 0.25) is 0 Å². The lowest BCUT2D eigenvalue weighted by molar-refractivity contribution is 0.591. The summed E-state index contributed by atoms with van der Waals surface area (Å²) in [4.78, 5) is 0. The molecule has 0 bridgehead atoms. The van der Waals surface area contributed by atoms with Crippen LogP contribution in [0, 0.1) is 0 Å². The fourth-order valence-corrected chi connectivity index (χ4v) is 5.73. The van der Waals surface area contributed by atoms with Crippen molar-refractivity contribution in [2.24, 2.45) is 0 Å². The molecule has 0 radical (unpaired) electrons. The molecule has 0 N–H and O–H groups in total. The smallest absolute Gasteiger partial charge is 0.00111 e. The van der Waals surface area contributed by atoms with E-state index in [4.69, 9.17) is 0 Å². The normalized spacial score (nSPS) is 13.0. The zero-order chi connectivity index (χ0) is 23.8. The molecule has 0 spiro atoms. The Hall–Kier alpha value is -3.38. The first-order chi connectivity index (χ1) is 16.1. The minimum Gasteiger partial charge on any atom is -0.0622 e. The van der Waals surface area contributed by atoms with Gasteiger partial charge in [-0.2, -0.15) is 0 Å². The first-order valence-corrected chi connectivity index (χ1v) is 12.4. The van der Waals surface area contributed by atoms with E-state index < -0.39 is 0 Å². The molecule has 0 saturated heterocycles. The lowest BCUT2D eigenvalue weighted by Gasteiger charge is -2.29. The van der Waals surface area contributed by atoms with Crippen molar-refractivity contribution in [3.8, 4) is 11.1 Å². The maximum absolute atomic E-state index is 2.48. The first-order valence-electron chi connectivity index (χ1n) is 12.4. The molecule has 0 heteroatoms. The first kappa shape index (κ1) is 21.2. The third-order valence-electron chi connectivity index (χ3n) is 7.44. The second-order valence-corrected chi connectivity index (χ2v) is 11.9. The van der Waals surface area contributed by atoms with Crippen molar-refractivity contribution in [2.45, 2.75) is 52.4 Å². The maximum Gasteiger partial charge on any atom is -0.00111 e. The summed E-state index contributed by atoms with van der Waals surface area (Å²) in [6, 6.07) is 32.0. The van der Waals surface area contributed by atoms with Gasteiger partial charge in [-0.05, 0) is 88.3 Å². The summed E-state index contributed by atoms with van der Waals surface area (Å²) in [6.45, 7) is 14.0. The average Bonchev–Trinajstić information content (AvgIpc) is 2.80. The summed E-state index contributed by atoms with van der Waals surface area (Å²) in [5.41, 5.74) is 5.58. The van der Waals surface area contributed by atoms with Crippen LogP contribution in [-0.2, 0) is 10.8 Å². The monoisotopic (exact) mass is 440 g/mol. The topological polar surface area (TPSA) is 0 Å². The third kappa shape index (κ3) is 3.05. The highest BCUT2D eigenvalue weighted by Crippen LogP contribution is 2.48. The van der Waals surface area contributed by atoms with Crippen molar-refractivity contribution in [1.29, 1.82) is 0 Å². The van der Waals surface area contributed by atoms with E-state index in [0.717, 1.165) is 0 Å². The second kappa shape index (κ2) is 7.06. The molecule has 0 heterocycles. The lowest BCUT2D eigenvalue weighted by Crippen LogP contribution is -2.14. The van der Waals surface area contributed by atoms with Crippen molar-refractivity contribution < 1.29 is 0 Å². The molecule has 6 aromatic carbocycles. The average molecular weight is 441 g/mol. The zero-order valence-corrected chi connectivity index (χ0v) is 21.1. The zero-order valence-electron chi connectivity index (χ0n) is 21.1. The number of fused-ring (bicyclic) bond motifs is 2. The minimum atomic E-state index is 0.0125. The summed E-state index contributed by atoms with van der Waals surface area (Å²) in [6.07, 6.45) is 0. The second-order valence-electron chi connectivity index (χ2n) is 11.9. The van der Waals surface area contributed by atoms with E-state index >= 15 is 0 Å². The lowest BCUT2D eigenvalue weighted by atomic mass is 9.75. The van der Waals surface area contributed by atoms with Crippen LogP contribution in [-0.4, -0.2) is 0 Å². The molecule has 0 aliphatic rings. The fraction of sp³-hybridized carbons (Fsp3) is 0.235. The van der Waals surface area contributed by atoms with Crippen molar-refractivity contribution in [2.75, 3.05) is 0 Å². The van der Waals surface area contributed by atoms with Gasteiger partial charge in [-0.1, -0.05) is 114 Å². The number of benzene rings is 6. The fourth-order valence-electron chi connectivity index (χ4n) is 5.73. The number of rotatable bonds is 1. The number of hydrogen-bond acceptors (Lipinski definition) is 0. The van der Waals surface area contributed by atoms with Gasteiger partial charge in [0.2, 0.25) is 0 Å². The molecule has 0 atom stereocenters. The maximum atomic E-state index is 2.48. The minimum absolute atomic E-state index is 0.0125. The Kier molecular flexibility index (Phi) is 4.40. The van der Waals surface area contributed by atoms with Gasteiger partial charge < -0.3 is 0 Å². The van der Waals surface area contributed by atoms with E-state index in [1.165, 1.54) is 65.3 Å². The molecule has 0 aliphatic carbocycles. The van der Waals surface area contributed by atoms with E-state index in [9.17, 15) is 0 Å². The molecular weight excluding hydrogens is 408 g/mol. The van der Waals surface area contributed by atoms with Gasteiger partial charge in [0, 0.05) is 0 Å². The summed E-state index contributed by atoms with van der Waals surface area (Å²) in [5, 5.41) is 10.9. The molecule has 0 nitrogen and oxygen atoms in total.